The van der Waals surface area contributed by atoms with E-state index < -0.39 is 0 Å². The van der Waals surface area contributed by atoms with Crippen molar-refractivity contribution in [1.29, 1.82) is 0 Å². The highest BCUT2D eigenvalue weighted by molar-refractivity contribution is 6.39. The Balaban J connectivity index is 1.10. The lowest BCUT2D eigenvalue weighted by Crippen LogP contribution is -2.52. The van der Waals surface area contributed by atoms with Gasteiger partial charge in [0.05, 0.1) is 41.8 Å². The third-order valence-electron chi connectivity index (χ3n) is 11.3. The number of aromatic nitrogens is 2. The number of aryl methyl sites for hydroxylation is 2. The molecule has 8 rings (SSSR count). The first kappa shape index (κ1) is 34.4. The lowest BCUT2D eigenvalue weighted by atomic mass is 9.96. The molecular weight excluding hydrogens is 685 g/mol. The highest BCUT2D eigenvalue weighted by atomic mass is 35.5. The first-order valence-electron chi connectivity index (χ1n) is 17.8. The molecule has 2 aliphatic carbocycles. The molecule has 4 aliphatic rings. The zero-order chi connectivity index (χ0) is 35.4. The van der Waals surface area contributed by atoms with Gasteiger partial charge in [0.1, 0.15) is 0 Å². The Morgan fingerprint density at radius 2 is 1.18 bits per heavy atom. The van der Waals surface area contributed by atoms with Crippen LogP contribution in [0.2, 0.25) is 10.0 Å². The second kappa shape index (κ2) is 14.0. The molecule has 11 heteroatoms. The summed E-state index contributed by atoms with van der Waals surface area (Å²) in [6.45, 7) is 6.65. The highest BCUT2D eigenvalue weighted by Crippen LogP contribution is 2.48. The van der Waals surface area contributed by atoms with Crippen molar-refractivity contribution in [3.63, 3.8) is 0 Å². The van der Waals surface area contributed by atoms with Gasteiger partial charge in [-0.25, -0.2) is 9.97 Å². The van der Waals surface area contributed by atoms with Gasteiger partial charge in [0.2, 0.25) is 17.7 Å². The minimum absolute atomic E-state index is 0.134. The SMILES string of the molecule is COc1nc(-c2cccc(-c3cccc(-c4cc5c(c(OC)n4)[C@@H](N4CCN(C(C)=O)CC4)CC5)c3Cl)c2Cl)cc2c1[C@H](N1CC(OC)C1)CC2. The van der Waals surface area contributed by atoms with E-state index in [1.165, 1.54) is 16.7 Å². The van der Waals surface area contributed by atoms with Crippen molar-refractivity contribution in [3.8, 4) is 45.4 Å². The number of carbonyl (C=O) groups is 1. The van der Waals surface area contributed by atoms with Gasteiger partial charge in [-0.2, -0.15) is 0 Å². The van der Waals surface area contributed by atoms with Crippen molar-refractivity contribution in [1.82, 2.24) is 24.7 Å². The van der Waals surface area contributed by atoms with Crippen molar-refractivity contribution >= 4 is 29.1 Å². The van der Waals surface area contributed by atoms with Crippen LogP contribution in [-0.4, -0.2) is 97.3 Å². The lowest BCUT2D eigenvalue weighted by molar-refractivity contribution is -0.130. The molecule has 0 radical (unpaired) electrons. The molecule has 2 aliphatic heterocycles. The second-order valence-electron chi connectivity index (χ2n) is 14.0. The zero-order valence-corrected chi connectivity index (χ0v) is 31.1. The molecule has 0 bridgehead atoms. The van der Waals surface area contributed by atoms with Crippen LogP contribution in [-0.2, 0) is 22.4 Å². The van der Waals surface area contributed by atoms with E-state index in [2.05, 4.69) is 21.9 Å². The summed E-state index contributed by atoms with van der Waals surface area (Å²) < 4.78 is 17.4. The summed E-state index contributed by atoms with van der Waals surface area (Å²) in [6, 6.07) is 16.8. The summed E-state index contributed by atoms with van der Waals surface area (Å²) in [7, 11) is 5.15. The number of nitrogens with zero attached hydrogens (tertiary/aromatic N) is 5. The van der Waals surface area contributed by atoms with Crippen molar-refractivity contribution < 1.29 is 19.0 Å². The Kier molecular flexibility index (Phi) is 9.44. The maximum absolute atomic E-state index is 11.9. The predicted octanol–water partition coefficient (Wildman–Crippen LogP) is 7.27. The number of fused-ring (bicyclic) bond motifs is 2. The van der Waals surface area contributed by atoms with Crippen molar-refractivity contribution in [2.75, 3.05) is 60.6 Å². The summed E-state index contributed by atoms with van der Waals surface area (Å²) in [4.78, 5) is 28.8. The monoisotopic (exact) mass is 727 g/mol. The minimum Gasteiger partial charge on any atom is -0.481 e. The molecule has 0 spiro atoms. The number of piperazine rings is 1. The van der Waals surface area contributed by atoms with Crippen LogP contribution in [0.5, 0.6) is 11.8 Å². The third kappa shape index (κ3) is 6.07. The minimum atomic E-state index is 0.134. The molecule has 0 unspecified atom stereocenters. The molecule has 266 valence electrons. The molecule has 2 fully saturated rings. The number of hydrogen-bond donors (Lipinski definition) is 0. The number of rotatable bonds is 8. The lowest BCUT2D eigenvalue weighted by Gasteiger charge is -2.42. The Bertz CT molecular complexity index is 1990. The van der Waals surface area contributed by atoms with E-state index in [0.29, 0.717) is 27.9 Å². The van der Waals surface area contributed by atoms with Crippen LogP contribution in [0.3, 0.4) is 0 Å². The van der Waals surface area contributed by atoms with Crippen LogP contribution in [0.4, 0.5) is 0 Å². The smallest absolute Gasteiger partial charge is 0.219 e. The van der Waals surface area contributed by atoms with Crippen LogP contribution in [0.1, 0.15) is 54.1 Å². The van der Waals surface area contributed by atoms with Gasteiger partial charge in [-0.15, -0.1) is 0 Å². The van der Waals surface area contributed by atoms with E-state index in [4.69, 9.17) is 47.4 Å². The van der Waals surface area contributed by atoms with Crippen LogP contribution >= 0.6 is 23.2 Å². The quantitative estimate of drug-likeness (QED) is 0.188. The van der Waals surface area contributed by atoms with Gasteiger partial charge < -0.3 is 19.1 Å². The van der Waals surface area contributed by atoms with E-state index in [9.17, 15) is 4.79 Å². The van der Waals surface area contributed by atoms with Crippen molar-refractivity contribution in [3.05, 3.63) is 80.8 Å². The number of halogens is 2. The van der Waals surface area contributed by atoms with Gasteiger partial charge >= 0.3 is 0 Å². The summed E-state index contributed by atoms with van der Waals surface area (Å²) in [5.74, 6) is 1.42. The second-order valence-corrected chi connectivity index (χ2v) is 14.7. The number of benzene rings is 2. The van der Waals surface area contributed by atoms with Gasteiger partial charge in [0.15, 0.2) is 0 Å². The number of carbonyl (C=O) groups excluding carboxylic acids is 1. The van der Waals surface area contributed by atoms with Gasteiger partial charge in [-0.3, -0.25) is 14.6 Å². The van der Waals surface area contributed by atoms with Gasteiger partial charge in [-0.05, 0) is 48.9 Å². The molecule has 2 aromatic heterocycles. The van der Waals surface area contributed by atoms with Crippen LogP contribution in [0.15, 0.2) is 48.5 Å². The molecule has 2 aromatic carbocycles. The summed E-state index contributed by atoms with van der Waals surface area (Å²) >= 11 is 14.5. The molecular formula is C40H43Cl2N5O4. The van der Waals surface area contributed by atoms with E-state index in [1.807, 2.05) is 41.3 Å². The summed E-state index contributed by atoms with van der Waals surface area (Å²) in [5, 5.41) is 1.16. The largest absolute Gasteiger partial charge is 0.481 e. The molecule has 0 saturated carbocycles. The first-order valence-corrected chi connectivity index (χ1v) is 18.5. The fraction of sp³-hybridized carbons (Fsp3) is 0.425. The van der Waals surface area contributed by atoms with E-state index in [1.54, 1.807) is 28.3 Å². The predicted molar refractivity (Wildman–Crippen MR) is 200 cm³/mol. The number of amides is 1. The highest BCUT2D eigenvalue weighted by Gasteiger charge is 2.39. The average molecular weight is 729 g/mol. The number of ether oxygens (including phenoxy) is 3. The molecule has 0 N–H and O–H groups in total. The standard InChI is InChI=1S/C40H43Cl2N5O4/c1-23(48)45-15-17-46(18-16-45)33-13-11-24-19-31(43-39(50-3)35(24)33)29-9-5-7-27(37(29)41)28-8-6-10-30(38(28)42)32-20-25-12-14-34(36(25)40(44-32)51-4)47-21-26(22-47)49-2/h5-10,19-20,26,33-34H,11-18,21-22H2,1-4H3/t33-,34+/m0/s1. The molecule has 51 heavy (non-hydrogen) atoms. The molecule has 9 nitrogen and oxygen atoms in total. The number of hydrogen-bond acceptors (Lipinski definition) is 8. The maximum Gasteiger partial charge on any atom is 0.219 e. The van der Waals surface area contributed by atoms with Crippen LogP contribution in [0.25, 0.3) is 33.6 Å². The molecule has 2 atom stereocenters. The number of pyridine rings is 2. The molecule has 2 saturated heterocycles. The summed E-state index contributed by atoms with van der Waals surface area (Å²) in [5.41, 5.74) is 9.65. The molecule has 1 amide bonds. The third-order valence-corrected chi connectivity index (χ3v) is 12.2. The van der Waals surface area contributed by atoms with Gasteiger partial charge in [0.25, 0.3) is 0 Å². The Morgan fingerprint density at radius 1 is 0.706 bits per heavy atom. The average Bonchev–Trinajstić information content (AvgIpc) is 3.76. The van der Waals surface area contributed by atoms with Crippen LogP contribution < -0.4 is 9.47 Å². The summed E-state index contributed by atoms with van der Waals surface area (Å²) in [6.07, 6.45) is 4.19. The Morgan fingerprint density at radius 3 is 1.63 bits per heavy atom. The van der Waals surface area contributed by atoms with E-state index >= 15 is 0 Å². The Hall–Kier alpha value is -3.73. The normalized spacial score (nSPS) is 20.6. The maximum atomic E-state index is 11.9. The molecule has 4 aromatic rings. The zero-order valence-electron chi connectivity index (χ0n) is 29.5. The van der Waals surface area contributed by atoms with Crippen molar-refractivity contribution in [2.45, 2.75) is 50.8 Å². The molecule has 4 heterocycles. The van der Waals surface area contributed by atoms with Crippen molar-refractivity contribution in [2.24, 2.45) is 0 Å². The topological polar surface area (TPSA) is 80.3 Å². The van der Waals surface area contributed by atoms with Gasteiger partial charge in [-0.1, -0.05) is 59.6 Å². The Labute approximate surface area is 309 Å². The fourth-order valence-electron chi connectivity index (χ4n) is 8.58. The van der Waals surface area contributed by atoms with Crippen LogP contribution in [0, 0.1) is 0 Å². The fourth-order valence-corrected chi connectivity index (χ4v) is 9.23. The first-order chi connectivity index (χ1) is 24.8. The van der Waals surface area contributed by atoms with E-state index in [0.717, 1.165) is 104 Å². The number of likely N-dealkylation sites (tertiary alicyclic amines) is 1. The number of methoxy groups -OCH3 is 3. The van der Waals surface area contributed by atoms with E-state index in [-0.39, 0.29) is 18.0 Å². The van der Waals surface area contributed by atoms with Gasteiger partial charge in [0, 0.05) is 98.8 Å².